The average molecular weight is 210 g/mol. The lowest BCUT2D eigenvalue weighted by atomic mass is 9.85. The molecule has 1 N–H and O–H groups in total. The van der Waals surface area contributed by atoms with E-state index in [4.69, 9.17) is 0 Å². The van der Waals surface area contributed by atoms with Gasteiger partial charge in [-0.2, -0.15) is 0 Å². The standard InChI is InChI=1S/C10H14N2OS/c1-7-6-14-9(12-7)5-11-10(13)8-3-2-4-8/h6,8H,2-5H2,1H3,(H,11,13). The second kappa shape index (κ2) is 4.09. The van der Waals surface area contributed by atoms with Crippen LogP contribution >= 0.6 is 11.3 Å². The molecule has 2 rings (SSSR count). The van der Waals surface area contributed by atoms with Crippen molar-refractivity contribution in [3.05, 3.63) is 16.1 Å². The van der Waals surface area contributed by atoms with E-state index in [0.29, 0.717) is 6.54 Å². The third-order valence-corrected chi connectivity index (χ3v) is 3.52. The molecule has 1 aliphatic carbocycles. The van der Waals surface area contributed by atoms with Crippen LogP contribution in [-0.4, -0.2) is 10.9 Å². The van der Waals surface area contributed by atoms with Crippen molar-refractivity contribution in [3.8, 4) is 0 Å². The Morgan fingerprint density at radius 2 is 2.50 bits per heavy atom. The van der Waals surface area contributed by atoms with Gasteiger partial charge in [-0.15, -0.1) is 11.3 Å². The molecule has 1 amide bonds. The van der Waals surface area contributed by atoms with Crippen LogP contribution in [0.3, 0.4) is 0 Å². The van der Waals surface area contributed by atoms with Crippen LogP contribution in [0, 0.1) is 12.8 Å². The number of aryl methyl sites for hydroxylation is 1. The molecule has 0 aliphatic heterocycles. The number of carbonyl (C=O) groups is 1. The van der Waals surface area contributed by atoms with Crippen molar-refractivity contribution in [1.82, 2.24) is 10.3 Å². The van der Waals surface area contributed by atoms with E-state index in [1.807, 2.05) is 12.3 Å². The topological polar surface area (TPSA) is 42.0 Å². The molecule has 0 atom stereocenters. The van der Waals surface area contributed by atoms with Crippen molar-refractivity contribution < 1.29 is 4.79 Å². The zero-order chi connectivity index (χ0) is 9.97. The van der Waals surface area contributed by atoms with Gasteiger partial charge in [-0.25, -0.2) is 4.98 Å². The van der Waals surface area contributed by atoms with Gasteiger partial charge in [0.05, 0.1) is 6.54 Å². The molecular formula is C10H14N2OS. The lowest BCUT2D eigenvalue weighted by Crippen LogP contribution is -2.33. The predicted octanol–water partition coefficient (Wildman–Crippen LogP) is 1.87. The third kappa shape index (κ3) is 2.12. The molecular weight excluding hydrogens is 196 g/mol. The number of rotatable bonds is 3. The van der Waals surface area contributed by atoms with Crippen molar-refractivity contribution in [3.63, 3.8) is 0 Å². The van der Waals surface area contributed by atoms with Crippen molar-refractivity contribution in [2.24, 2.45) is 5.92 Å². The highest BCUT2D eigenvalue weighted by Gasteiger charge is 2.24. The van der Waals surface area contributed by atoms with Gasteiger partial charge in [0.1, 0.15) is 5.01 Å². The smallest absolute Gasteiger partial charge is 0.223 e. The second-order valence-corrected chi connectivity index (χ2v) is 4.67. The Bertz CT molecular complexity index is 331. The summed E-state index contributed by atoms with van der Waals surface area (Å²) in [4.78, 5) is 15.8. The van der Waals surface area contributed by atoms with Crippen molar-refractivity contribution in [2.45, 2.75) is 32.7 Å². The van der Waals surface area contributed by atoms with Crippen LogP contribution in [0.15, 0.2) is 5.38 Å². The summed E-state index contributed by atoms with van der Waals surface area (Å²) in [7, 11) is 0. The van der Waals surface area contributed by atoms with E-state index in [-0.39, 0.29) is 11.8 Å². The summed E-state index contributed by atoms with van der Waals surface area (Å²) in [6.45, 7) is 2.56. The normalized spacial score (nSPS) is 16.4. The maximum absolute atomic E-state index is 11.5. The molecule has 0 unspecified atom stereocenters. The number of thiazole rings is 1. The molecule has 1 fully saturated rings. The maximum atomic E-state index is 11.5. The van der Waals surface area contributed by atoms with Gasteiger partial charge in [0.15, 0.2) is 0 Å². The van der Waals surface area contributed by atoms with Crippen LogP contribution in [0.4, 0.5) is 0 Å². The molecule has 3 nitrogen and oxygen atoms in total. The summed E-state index contributed by atoms with van der Waals surface area (Å²) in [5.74, 6) is 0.472. The first kappa shape index (κ1) is 9.65. The number of hydrogen-bond donors (Lipinski definition) is 1. The van der Waals surface area contributed by atoms with Crippen molar-refractivity contribution in [1.29, 1.82) is 0 Å². The van der Waals surface area contributed by atoms with Gasteiger partial charge in [0, 0.05) is 17.0 Å². The van der Waals surface area contributed by atoms with Gasteiger partial charge >= 0.3 is 0 Å². The minimum atomic E-state index is 0.198. The molecule has 4 heteroatoms. The summed E-state index contributed by atoms with van der Waals surface area (Å²) < 4.78 is 0. The number of carbonyl (C=O) groups excluding carboxylic acids is 1. The van der Waals surface area contributed by atoms with E-state index in [9.17, 15) is 4.79 Å². The van der Waals surface area contributed by atoms with Crippen LogP contribution < -0.4 is 5.32 Å². The van der Waals surface area contributed by atoms with Crippen molar-refractivity contribution >= 4 is 17.2 Å². The summed E-state index contributed by atoms with van der Waals surface area (Å²) in [6.07, 6.45) is 3.32. The van der Waals surface area contributed by atoms with Gasteiger partial charge in [0.2, 0.25) is 5.91 Å². The summed E-state index contributed by atoms with van der Waals surface area (Å²) >= 11 is 1.60. The van der Waals surface area contributed by atoms with Gasteiger partial charge in [-0.05, 0) is 19.8 Å². The molecule has 0 aromatic carbocycles. The zero-order valence-electron chi connectivity index (χ0n) is 8.25. The quantitative estimate of drug-likeness (QED) is 0.827. The van der Waals surface area contributed by atoms with Crippen LogP contribution in [0.5, 0.6) is 0 Å². The highest BCUT2D eigenvalue weighted by atomic mass is 32.1. The fourth-order valence-electron chi connectivity index (χ4n) is 1.46. The molecule has 1 aromatic heterocycles. The lowest BCUT2D eigenvalue weighted by molar-refractivity contribution is -0.127. The number of nitrogens with one attached hydrogen (secondary N) is 1. The average Bonchev–Trinajstić information content (AvgIpc) is 2.45. The summed E-state index contributed by atoms with van der Waals surface area (Å²) in [5, 5.41) is 5.92. The summed E-state index contributed by atoms with van der Waals surface area (Å²) in [6, 6.07) is 0. The highest BCUT2D eigenvalue weighted by molar-refractivity contribution is 7.09. The van der Waals surface area contributed by atoms with Crippen molar-refractivity contribution in [2.75, 3.05) is 0 Å². The van der Waals surface area contributed by atoms with Crippen LogP contribution in [0.25, 0.3) is 0 Å². The molecule has 0 radical (unpaired) electrons. The van der Waals surface area contributed by atoms with Gasteiger partial charge in [-0.3, -0.25) is 4.79 Å². The fraction of sp³-hybridized carbons (Fsp3) is 0.600. The Morgan fingerprint density at radius 1 is 1.71 bits per heavy atom. The molecule has 1 aromatic rings. The molecule has 1 heterocycles. The van der Waals surface area contributed by atoms with Gasteiger partial charge < -0.3 is 5.32 Å². The Labute approximate surface area is 87.6 Å². The molecule has 1 saturated carbocycles. The van der Waals surface area contributed by atoms with Crippen LogP contribution in [0.2, 0.25) is 0 Å². The molecule has 14 heavy (non-hydrogen) atoms. The first-order chi connectivity index (χ1) is 6.75. The Hall–Kier alpha value is -0.900. The monoisotopic (exact) mass is 210 g/mol. The van der Waals surface area contributed by atoms with E-state index >= 15 is 0 Å². The van der Waals surface area contributed by atoms with E-state index < -0.39 is 0 Å². The Morgan fingerprint density at radius 3 is 3.00 bits per heavy atom. The number of aromatic nitrogens is 1. The SMILES string of the molecule is Cc1csc(CNC(=O)C2CCC2)n1. The number of hydrogen-bond acceptors (Lipinski definition) is 3. The largest absolute Gasteiger partial charge is 0.349 e. The Balaban J connectivity index is 1.79. The van der Waals surface area contributed by atoms with E-state index in [1.54, 1.807) is 11.3 Å². The molecule has 0 spiro atoms. The second-order valence-electron chi connectivity index (χ2n) is 3.73. The lowest BCUT2D eigenvalue weighted by Gasteiger charge is -2.23. The summed E-state index contributed by atoms with van der Waals surface area (Å²) in [5.41, 5.74) is 1.03. The van der Waals surface area contributed by atoms with E-state index in [1.165, 1.54) is 6.42 Å². The number of nitrogens with zero attached hydrogens (tertiary/aromatic N) is 1. The first-order valence-corrected chi connectivity index (χ1v) is 5.82. The van der Waals surface area contributed by atoms with Crippen LogP contribution in [0.1, 0.15) is 30.0 Å². The molecule has 0 saturated heterocycles. The third-order valence-electron chi connectivity index (χ3n) is 2.56. The minimum Gasteiger partial charge on any atom is -0.349 e. The first-order valence-electron chi connectivity index (χ1n) is 4.94. The predicted molar refractivity (Wildman–Crippen MR) is 56.0 cm³/mol. The fourth-order valence-corrected chi connectivity index (χ4v) is 2.17. The van der Waals surface area contributed by atoms with Gasteiger partial charge in [-0.1, -0.05) is 6.42 Å². The zero-order valence-corrected chi connectivity index (χ0v) is 9.06. The highest BCUT2D eigenvalue weighted by Crippen LogP contribution is 2.26. The van der Waals surface area contributed by atoms with E-state index in [2.05, 4.69) is 10.3 Å². The maximum Gasteiger partial charge on any atom is 0.223 e. The molecule has 76 valence electrons. The van der Waals surface area contributed by atoms with Gasteiger partial charge in [0.25, 0.3) is 0 Å². The van der Waals surface area contributed by atoms with Crippen LogP contribution in [-0.2, 0) is 11.3 Å². The molecule has 1 aliphatic rings. The Kier molecular flexibility index (Phi) is 2.82. The molecule has 0 bridgehead atoms. The minimum absolute atomic E-state index is 0.198. The van der Waals surface area contributed by atoms with E-state index in [0.717, 1.165) is 23.5 Å². The number of amides is 1.